The lowest BCUT2D eigenvalue weighted by atomic mass is 9.81. The minimum absolute atomic E-state index is 0.0297. The van der Waals surface area contributed by atoms with Crippen LogP contribution >= 0.6 is 0 Å². The van der Waals surface area contributed by atoms with E-state index in [9.17, 15) is 22.8 Å². The lowest BCUT2D eigenvalue weighted by Gasteiger charge is -2.43. The van der Waals surface area contributed by atoms with Gasteiger partial charge in [0.2, 0.25) is 11.8 Å². The zero-order chi connectivity index (χ0) is 24.9. The van der Waals surface area contributed by atoms with Gasteiger partial charge >= 0.3 is 0 Å². The molecule has 186 valence electrons. The topological polar surface area (TPSA) is 58.6 Å². The highest BCUT2D eigenvalue weighted by Gasteiger charge is 2.56. The Balaban J connectivity index is 1.52. The number of nitrogens with zero attached hydrogens (tertiary/aromatic N) is 1. The number of benzene rings is 2. The molecule has 2 heterocycles. The first-order valence-electron chi connectivity index (χ1n) is 11.8. The smallest absolute Gasteiger partial charge is 0.246 e. The Hall–Kier alpha value is -2.94. The molecule has 1 N–H and O–H groups in total. The molecule has 2 saturated heterocycles. The summed E-state index contributed by atoms with van der Waals surface area (Å²) in [4.78, 5) is 27.3. The summed E-state index contributed by atoms with van der Waals surface area (Å²) in [5.74, 6) is -3.28. The van der Waals surface area contributed by atoms with E-state index in [0.717, 1.165) is 12.1 Å². The van der Waals surface area contributed by atoms with E-state index in [1.54, 1.807) is 17.0 Å². The molecule has 5 nitrogen and oxygen atoms in total. The molecule has 2 aromatic carbocycles. The van der Waals surface area contributed by atoms with Crippen molar-refractivity contribution in [3.63, 3.8) is 0 Å². The number of morpholine rings is 1. The van der Waals surface area contributed by atoms with Crippen molar-refractivity contribution in [1.82, 2.24) is 10.2 Å². The number of amides is 2. The monoisotopic (exact) mass is 490 g/mol. The minimum atomic E-state index is -1.01. The van der Waals surface area contributed by atoms with Crippen molar-refractivity contribution in [2.45, 2.75) is 56.4 Å². The van der Waals surface area contributed by atoms with Gasteiger partial charge in [0, 0.05) is 23.6 Å². The van der Waals surface area contributed by atoms with E-state index >= 15 is 4.39 Å². The third-order valence-electron chi connectivity index (χ3n) is 7.44. The largest absolute Gasteiger partial charge is 0.369 e. The molecule has 2 aromatic rings. The van der Waals surface area contributed by atoms with Crippen LogP contribution in [-0.4, -0.2) is 53.7 Å². The fraction of sp³-hybridized carbons (Fsp3) is 0.462. The number of hydrogen-bond donors (Lipinski definition) is 1. The fourth-order valence-corrected chi connectivity index (χ4v) is 5.80. The quantitative estimate of drug-likeness (QED) is 0.661. The van der Waals surface area contributed by atoms with Crippen molar-refractivity contribution in [3.8, 4) is 11.1 Å². The van der Waals surface area contributed by atoms with Crippen molar-refractivity contribution in [2.24, 2.45) is 5.92 Å². The van der Waals surface area contributed by atoms with Gasteiger partial charge in [-0.1, -0.05) is 18.2 Å². The van der Waals surface area contributed by atoms with Crippen LogP contribution in [0.4, 0.5) is 17.6 Å². The Morgan fingerprint density at radius 3 is 2.54 bits per heavy atom. The Bertz CT molecular complexity index is 1150. The molecule has 0 bridgehead atoms. The first kappa shape index (κ1) is 23.8. The molecule has 35 heavy (non-hydrogen) atoms. The molecule has 5 rings (SSSR count). The van der Waals surface area contributed by atoms with E-state index in [-0.39, 0.29) is 67.0 Å². The van der Waals surface area contributed by atoms with Gasteiger partial charge in [-0.05, 0) is 55.9 Å². The highest BCUT2D eigenvalue weighted by atomic mass is 19.1. The summed E-state index contributed by atoms with van der Waals surface area (Å²) in [5, 5.41) is 2.99. The maximum Gasteiger partial charge on any atom is 0.246 e. The molecule has 3 atom stereocenters. The maximum atomic E-state index is 15.7. The number of likely N-dealkylation sites (tertiary alicyclic amines) is 1. The van der Waals surface area contributed by atoms with E-state index in [2.05, 4.69) is 5.32 Å². The van der Waals surface area contributed by atoms with Crippen LogP contribution in [0.1, 0.15) is 31.7 Å². The summed E-state index contributed by atoms with van der Waals surface area (Å²) in [6.45, 7) is 1.91. The molecule has 3 aliphatic rings. The first-order chi connectivity index (χ1) is 16.7. The van der Waals surface area contributed by atoms with Gasteiger partial charge in [-0.3, -0.25) is 9.59 Å². The van der Waals surface area contributed by atoms with E-state index < -0.39 is 41.1 Å². The average Bonchev–Trinajstić information content (AvgIpc) is 3.01. The van der Waals surface area contributed by atoms with Gasteiger partial charge in [-0.2, -0.15) is 0 Å². The van der Waals surface area contributed by atoms with E-state index in [1.165, 1.54) is 6.07 Å². The maximum absolute atomic E-state index is 15.7. The van der Waals surface area contributed by atoms with Gasteiger partial charge in [0.05, 0.1) is 18.2 Å². The number of nitrogens with one attached hydrogen (secondary N) is 1. The van der Waals surface area contributed by atoms with Gasteiger partial charge in [-0.25, -0.2) is 17.6 Å². The zero-order valence-electron chi connectivity index (χ0n) is 19.2. The number of rotatable bonds is 4. The number of halogens is 4. The SMILES string of the molecule is C[C@@H]1C[C@@]2(COCC(=O)N2)[C@H](Cc2cccc(-c3cc(F)cc(F)c3)c2F)N1C(=O)C1CC(F)C1. The van der Waals surface area contributed by atoms with E-state index in [1.807, 2.05) is 6.92 Å². The lowest BCUT2D eigenvalue weighted by Crippen LogP contribution is -2.64. The summed E-state index contributed by atoms with van der Waals surface area (Å²) in [7, 11) is 0. The number of carbonyl (C=O) groups is 2. The normalized spacial score (nSPS) is 30.3. The zero-order valence-corrected chi connectivity index (χ0v) is 19.2. The van der Waals surface area contributed by atoms with Crippen molar-refractivity contribution >= 4 is 11.8 Å². The summed E-state index contributed by atoms with van der Waals surface area (Å²) in [6.07, 6.45) is -0.243. The second-order valence-electron chi connectivity index (χ2n) is 9.92. The number of carbonyl (C=O) groups excluding carboxylic acids is 2. The summed E-state index contributed by atoms with van der Waals surface area (Å²) in [6, 6.07) is 6.48. The first-order valence-corrected chi connectivity index (χ1v) is 11.8. The van der Waals surface area contributed by atoms with E-state index in [0.29, 0.717) is 12.5 Å². The van der Waals surface area contributed by atoms with Crippen LogP contribution in [0.2, 0.25) is 0 Å². The second kappa shape index (κ2) is 8.93. The highest BCUT2D eigenvalue weighted by Crippen LogP contribution is 2.42. The van der Waals surface area contributed by atoms with Crippen molar-refractivity contribution in [1.29, 1.82) is 0 Å². The molecule has 2 amide bonds. The lowest BCUT2D eigenvalue weighted by molar-refractivity contribution is -0.146. The van der Waals surface area contributed by atoms with Crippen molar-refractivity contribution in [2.75, 3.05) is 13.2 Å². The molecule has 3 fully saturated rings. The Morgan fingerprint density at radius 2 is 1.89 bits per heavy atom. The Morgan fingerprint density at radius 1 is 1.17 bits per heavy atom. The van der Waals surface area contributed by atoms with Gasteiger partial charge in [-0.15, -0.1) is 0 Å². The van der Waals surface area contributed by atoms with Gasteiger partial charge < -0.3 is 15.0 Å². The third kappa shape index (κ3) is 4.30. The summed E-state index contributed by atoms with van der Waals surface area (Å²) >= 11 is 0. The number of ether oxygens (including phenoxy) is 1. The van der Waals surface area contributed by atoms with Crippen LogP contribution in [0.3, 0.4) is 0 Å². The summed E-state index contributed by atoms with van der Waals surface area (Å²) < 4.78 is 62.3. The van der Waals surface area contributed by atoms with Crippen molar-refractivity contribution in [3.05, 3.63) is 59.4 Å². The molecule has 0 aromatic heterocycles. The van der Waals surface area contributed by atoms with Crippen LogP contribution < -0.4 is 5.32 Å². The molecular weight excluding hydrogens is 464 g/mol. The van der Waals surface area contributed by atoms with E-state index in [4.69, 9.17) is 4.74 Å². The standard InChI is InChI=1S/C26H26F4N2O3/c1-14-11-26(13-35-12-23(33)31-26)22(32(14)25(34)17-7-18(27)8-17)9-15-3-2-4-21(24(15)30)16-5-19(28)10-20(29)6-16/h2-6,10,14,17-18,22H,7-9,11-13H2,1H3,(H,31,33)/t14-,17?,18?,22+,26-/m1/s1. The highest BCUT2D eigenvalue weighted by molar-refractivity contribution is 5.83. The van der Waals surface area contributed by atoms with Gasteiger partial charge in [0.15, 0.2) is 0 Å². The third-order valence-corrected chi connectivity index (χ3v) is 7.44. The number of alkyl halides is 1. The molecule has 1 aliphatic carbocycles. The summed E-state index contributed by atoms with van der Waals surface area (Å²) in [5.41, 5.74) is -0.596. The van der Waals surface area contributed by atoms with Crippen LogP contribution in [0.5, 0.6) is 0 Å². The average molecular weight is 490 g/mol. The Kier molecular flexibility index (Phi) is 6.07. The fourth-order valence-electron chi connectivity index (χ4n) is 5.80. The molecule has 1 saturated carbocycles. The van der Waals surface area contributed by atoms with Crippen molar-refractivity contribution < 1.29 is 31.9 Å². The molecule has 1 spiro atoms. The molecule has 9 heteroatoms. The second-order valence-corrected chi connectivity index (χ2v) is 9.92. The molecular formula is C26H26F4N2O3. The Labute approximate surface area is 200 Å². The van der Waals surface area contributed by atoms with Gasteiger partial charge in [0.1, 0.15) is 30.2 Å². The predicted molar refractivity (Wildman–Crippen MR) is 119 cm³/mol. The van der Waals surface area contributed by atoms with Crippen LogP contribution in [-0.2, 0) is 20.7 Å². The van der Waals surface area contributed by atoms with Crippen LogP contribution in [0.25, 0.3) is 11.1 Å². The van der Waals surface area contributed by atoms with Crippen LogP contribution in [0.15, 0.2) is 36.4 Å². The minimum Gasteiger partial charge on any atom is -0.369 e. The molecule has 0 radical (unpaired) electrons. The molecule has 2 aliphatic heterocycles. The van der Waals surface area contributed by atoms with Gasteiger partial charge in [0.25, 0.3) is 0 Å². The van der Waals surface area contributed by atoms with Crippen LogP contribution in [0, 0.1) is 23.4 Å². The predicted octanol–water partition coefficient (Wildman–Crippen LogP) is 3.94. The number of hydrogen-bond acceptors (Lipinski definition) is 3. The molecule has 0 unspecified atom stereocenters.